The van der Waals surface area contributed by atoms with E-state index in [9.17, 15) is 18.0 Å². The first-order valence-corrected chi connectivity index (χ1v) is 14.4. The van der Waals surface area contributed by atoms with Crippen LogP contribution in [0.2, 0.25) is 10.0 Å². The van der Waals surface area contributed by atoms with E-state index in [1.165, 1.54) is 18.2 Å². The van der Waals surface area contributed by atoms with Gasteiger partial charge in [0.15, 0.2) is 0 Å². The summed E-state index contributed by atoms with van der Waals surface area (Å²) in [6, 6.07) is 10.3. The molecule has 1 unspecified atom stereocenters. The van der Waals surface area contributed by atoms with Gasteiger partial charge in [-0.3, -0.25) is 9.59 Å². The Kier molecular flexibility index (Phi) is 8.25. The average molecular weight is 550 g/mol. The number of benzene rings is 2. The van der Waals surface area contributed by atoms with E-state index in [1.807, 2.05) is 12.1 Å². The number of allylic oxidation sites excluding steroid dienone is 1. The number of hydrogen-bond donors (Lipinski definition) is 0. The fourth-order valence-electron chi connectivity index (χ4n) is 4.75. The van der Waals surface area contributed by atoms with E-state index in [0.29, 0.717) is 18.0 Å². The van der Waals surface area contributed by atoms with E-state index in [4.69, 9.17) is 23.2 Å². The molecule has 9 heteroatoms. The first-order valence-electron chi connectivity index (χ1n) is 12.2. The van der Waals surface area contributed by atoms with Gasteiger partial charge in [-0.2, -0.15) is 4.31 Å². The molecule has 0 saturated carbocycles. The molecule has 1 atom stereocenters. The molecule has 0 radical (unpaired) electrons. The van der Waals surface area contributed by atoms with Gasteiger partial charge in [-0.15, -0.1) is 0 Å². The smallest absolute Gasteiger partial charge is 0.252 e. The van der Waals surface area contributed by atoms with Crippen molar-refractivity contribution in [3.63, 3.8) is 0 Å². The predicted molar refractivity (Wildman–Crippen MR) is 143 cm³/mol. The molecule has 4 rings (SSSR count). The third-order valence-corrected chi connectivity index (χ3v) is 9.43. The Bertz CT molecular complexity index is 1290. The zero-order valence-corrected chi connectivity index (χ0v) is 22.7. The molecule has 2 amide bonds. The van der Waals surface area contributed by atoms with Crippen LogP contribution in [0.25, 0.3) is 0 Å². The minimum absolute atomic E-state index is 0.0131. The van der Waals surface area contributed by atoms with E-state index >= 15 is 0 Å². The largest absolute Gasteiger partial charge is 0.274 e. The molecule has 2 aliphatic rings. The van der Waals surface area contributed by atoms with Crippen LogP contribution >= 0.6 is 23.2 Å². The number of rotatable bonds is 8. The molecule has 192 valence electrons. The highest BCUT2D eigenvalue weighted by molar-refractivity contribution is 7.89. The van der Waals surface area contributed by atoms with Crippen LogP contribution in [0.5, 0.6) is 0 Å². The van der Waals surface area contributed by atoms with Crippen LogP contribution in [0.4, 0.5) is 5.69 Å². The summed E-state index contributed by atoms with van der Waals surface area (Å²) in [5.41, 5.74) is 2.68. The Morgan fingerprint density at radius 3 is 2.42 bits per heavy atom. The van der Waals surface area contributed by atoms with Gasteiger partial charge in [-0.1, -0.05) is 60.8 Å². The summed E-state index contributed by atoms with van der Waals surface area (Å²) in [6.45, 7) is 4.19. The Morgan fingerprint density at radius 1 is 1.06 bits per heavy atom. The molecule has 2 aromatic carbocycles. The van der Waals surface area contributed by atoms with Crippen LogP contribution in [-0.2, 0) is 19.6 Å². The zero-order chi connectivity index (χ0) is 26.0. The topological polar surface area (TPSA) is 74.8 Å². The highest BCUT2D eigenvalue weighted by Crippen LogP contribution is 2.34. The van der Waals surface area contributed by atoms with Crippen molar-refractivity contribution in [2.45, 2.75) is 69.2 Å². The van der Waals surface area contributed by atoms with Gasteiger partial charge >= 0.3 is 0 Å². The number of amides is 2. The Hall–Kier alpha value is -2.19. The van der Waals surface area contributed by atoms with Gasteiger partial charge in [-0.25, -0.2) is 13.3 Å². The average Bonchev–Trinajstić information content (AvgIpc) is 3.14. The molecular formula is C27H30Cl2N2O4S. The second-order valence-corrected chi connectivity index (χ2v) is 12.3. The lowest BCUT2D eigenvalue weighted by Crippen LogP contribution is -2.46. The molecule has 1 fully saturated rings. The zero-order valence-electron chi connectivity index (χ0n) is 20.4. The normalized spacial score (nSPS) is 18.9. The molecule has 1 aliphatic carbocycles. The molecule has 6 nitrogen and oxygen atoms in total. The fraction of sp³-hybridized carbons (Fsp3) is 0.407. The lowest BCUT2D eigenvalue weighted by atomic mass is 9.97. The molecule has 1 saturated heterocycles. The number of anilines is 1. The van der Waals surface area contributed by atoms with Gasteiger partial charge < -0.3 is 0 Å². The predicted octanol–water partition coefficient (Wildman–Crippen LogP) is 6.33. The number of sulfonamides is 1. The lowest BCUT2D eigenvalue weighted by Gasteiger charge is -2.28. The number of nitrogens with zero attached hydrogens (tertiary/aromatic N) is 2. The highest BCUT2D eigenvalue weighted by Gasteiger charge is 2.47. The van der Waals surface area contributed by atoms with Crippen LogP contribution in [0.15, 0.2) is 59.0 Å². The summed E-state index contributed by atoms with van der Waals surface area (Å²) in [4.78, 5) is 27.5. The van der Waals surface area contributed by atoms with Gasteiger partial charge in [0.25, 0.3) is 5.91 Å². The van der Waals surface area contributed by atoms with Crippen molar-refractivity contribution < 1.29 is 18.0 Å². The summed E-state index contributed by atoms with van der Waals surface area (Å²) in [5, 5.41) is 0.229. The maximum absolute atomic E-state index is 13.9. The number of hydrogen-bond acceptors (Lipinski definition) is 4. The Labute approximate surface area is 222 Å². The molecule has 0 bridgehead atoms. The molecule has 36 heavy (non-hydrogen) atoms. The first-order chi connectivity index (χ1) is 17.1. The third kappa shape index (κ3) is 5.54. The van der Waals surface area contributed by atoms with Gasteiger partial charge in [0, 0.05) is 11.6 Å². The van der Waals surface area contributed by atoms with E-state index in [1.54, 1.807) is 12.1 Å². The maximum Gasteiger partial charge on any atom is 0.252 e. The van der Waals surface area contributed by atoms with Crippen molar-refractivity contribution >= 4 is 50.7 Å². The number of carbonyl (C=O) groups excluding carboxylic acids is 2. The molecule has 1 aliphatic heterocycles. The number of imide groups is 1. The van der Waals surface area contributed by atoms with E-state index in [2.05, 4.69) is 19.9 Å². The van der Waals surface area contributed by atoms with Gasteiger partial charge in [0.05, 0.1) is 17.1 Å². The SMILES string of the molecule is CC(C)c1ccc(N2C(=O)CC(N(CCC3=CCCCC3)S(=O)(=O)c3cc(Cl)ccc3Cl)C2=O)cc1. The minimum Gasteiger partial charge on any atom is -0.274 e. The first kappa shape index (κ1) is 26.9. The molecule has 0 spiro atoms. The van der Waals surface area contributed by atoms with Crippen LogP contribution in [0.1, 0.15) is 63.9 Å². The monoisotopic (exact) mass is 548 g/mol. The maximum atomic E-state index is 13.9. The van der Waals surface area contributed by atoms with Crippen molar-refractivity contribution in [2.75, 3.05) is 11.4 Å². The fourth-order valence-corrected chi connectivity index (χ4v) is 7.07. The van der Waals surface area contributed by atoms with Crippen molar-refractivity contribution in [2.24, 2.45) is 0 Å². The number of halogens is 2. The second-order valence-electron chi connectivity index (χ2n) is 9.58. The molecule has 0 N–H and O–H groups in total. The Balaban J connectivity index is 1.69. The summed E-state index contributed by atoms with van der Waals surface area (Å²) in [6.07, 6.45) is 6.43. The van der Waals surface area contributed by atoms with Crippen LogP contribution in [0, 0.1) is 0 Å². The summed E-state index contributed by atoms with van der Waals surface area (Å²) >= 11 is 12.4. The summed E-state index contributed by atoms with van der Waals surface area (Å²) < 4.78 is 28.9. The van der Waals surface area contributed by atoms with Crippen molar-refractivity contribution in [1.29, 1.82) is 0 Å². The Morgan fingerprint density at radius 2 is 1.78 bits per heavy atom. The molecule has 2 aromatic rings. The molecular weight excluding hydrogens is 519 g/mol. The van der Waals surface area contributed by atoms with Crippen molar-refractivity contribution in [3.8, 4) is 0 Å². The third-order valence-electron chi connectivity index (χ3n) is 6.81. The quantitative estimate of drug-likeness (QED) is 0.285. The van der Waals surface area contributed by atoms with Crippen molar-refractivity contribution in [3.05, 3.63) is 69.7 Å². The standard InChI is InChI=1S/C27H30Cl2N2O4S/c1-18(2)20-8-11-22(12-9-20)31-26(32)17-24(27(31)33)30(15-14-19-6-4-3-5-7-19)36(34,35)25-16-21(28)10-13-23(25)29/h6,8-13,16,18,24H,3-5,7,14-15,17H2,1-2H3. The van der Waals surface area contributed by atoms with E-state index in [-0.39, 0.29) is 27.9 Å². The van der Waals surface area contributed by atoms with E-state index < -0.39 is 27.9 Å². The minimum atomic E-state index is -4.23. The van der Waals surface area contributed by atoms with Gasteiger partial charge in [0.1, 0.15) is 10.9 Å². The van der Waals surface area contributed by atoms with Crippen LogP contribution in [-0.4, -0.2) is 37.1 Å². The van der Waals surface area contributed by atoms with Gasteiger partial charge in [-0.05, 0) is 73.9 Å². The lowest BCUT2D eigenvalue weighted by molar-refractivity contribution is -0.122. The summed E-state index contributed by atoms with van der Waals surface area (Å²) in [7, 11) is -4.23. The summed E-state index contributed by atoms with van der Waals surface area (Å²) in [5.74, 6) is -0.692. The van der Waals surface area contributed by atoms with Gasteiger partial charge in [0.2, 0.25) is 15.9 Å². The number of carbonyl (C=O) groups is 2. The molecule has 0 aromatic heterocycles. The van der Waals surface area contributed by atoms with Crippen LogP contribution < -0.4 is 4.90 Å². The van der Waals surface area contributed by atoms with Crippen molar-refractivity contribution in [1.82, 2.24) is 4.31 Å². The van der Waals surface area contributed by atoms with Crippen LogP contribution in [0.3, 0.4) is 0 Å². The second kappa shape index (κ2) is 11.1. The highest BCUT2D eigenvalue weighted by atomic mass is 35.5. The molecule has 1 heterocycles. The van der Waals surface area contributed by atoms with E-state index in [0.717, 1.165) is 46.0 Å².